The van der Waals surface area contributed by atoms with Crippen LogP contribution in [0.3, 0.4) is 0 Å². The molecule has 0 fully saturated rings. The predicted molar refractivity (Wildman–Crippen MR) is 67.2 cm³/mol. The first-order valence-corrected chi connectivity index (χ1v) is 5.53. The Bertz CT molecular complexity index is 549. The summed E-state index contributed by atoms with van der Waals surface area (Å²) in [6, 6.07) is 5.42. The van der Waals surface area contributed by atoms with Gasteiger partial charge in [-0.1, -0.05) is 11.8 Å². The predicted octanol–water partition coefficient (Wildman–Crippen LogP) is 2.81. The summed E-state index contributed by atoms with van der Waals surface area (Å²) in [5.74, 6) is -0.299. The van der Waals surface area contributed by atoms with Crippen LogP contribution in [0.5, 0.6) is 0 Å². The van der Waals surface area contributed by atoms with Crippen LogP contribution in [0.1, 0.15) is 35.3 Å². The molecule has 1 aromatic rings. The summed E-state index contributed by atoms with van der Waals surface area (Å²) in [4.78, 5) is 15.8. The average Bonchev–Trinajstić information content (AvgIpc) is 2.73. The molecule has 86 valence electrons. The van der Waals surface area contributed by atoms with Gasteiger partial charge in [0.1, 0.15) is 5.70 Å². The summed E-state index contributed by atoms with van der Waals surface area (Å²) in [5, 5.41) is 0. The fraction of sp³-hybridized carbons (Fsp3) is 0.214. The van der Waals surface area contributed by atoms with Crippen LogP contribution in [-0.4, -0.2) is 18.8 Å². The number of nitrogens with zero attached hydrogens (tertiary/aromatic N) is 1. The Morgan fingerprint density at radius 1 is 1.53 bits per heavy atom. The Morgan fingerprint density at radius 3 is 3.06 bits per heavy atom. The van der Waals surface area contributed by atoms with Gasteiger partial charge in [0.05, 0.1) is 12.2 Å². The van der Waals surface area contributed by atoms with Gasteiger partial charge in [0.15, 0.2) is 0 Å². The molecule has 0 spiro atoms. The van der Waals surface area contributed by atoms with Crippen molar-refractivity contribution in [2.75, 3.05) is 6.61 Å². The Labute approximate surface area is 100 Å². The van der Waals surface area contributed by atoms with E-state index in [1.165, 1.54) is 0 Å². The number of fused-ring (bicyclic) bond motifs is 1. The quantitative estimate of drug-likeness (QED) is 0.575. The summed E-state index contributed by atoms with van der Waals surface area (Å²) >= 11 is 0. The standard InChI is InChI=1S/C14H13NO2/c1-3-5-13-12-7-6-10(14(16)17-4-2)8-11(12)9-15-13/h3,6-9H,4H2,1-2H3. The van der Waals surface area contributed by atoms with Crippen LogP contribution < -0.4 is 0 Å². The van der Waals surface area contributed by atoms with E-state index in [-0.39, 0.29) is 5.97 Å². The molecule has 1 aliphatic rings. The number of carbonyl (C=O) groups is 1. The minimum absolute atomic E-state index is 0.299. The third-order valence-corrected chi connectivity index (χ3v) is 2.43. The molecule has 0 unspecified atom stereocenters. The second-order valence-electron chi connectivity index (χ2n) is 3.56. The maximum atomic E-state index is 11.6. The highest BCUT2D eigenvalue weighted by molar-refractivity contribution is 6.00. The van der Waals surface area contributed by atoms with E-state index in [1.54, 1.807) is 25.3 Å². The minimum Gasteiger partial charge on any atom is -0.462 e. The molecule has 1 aromatic carbocycles. The lowest BCUT2D eigenvalue weighted by Crippen LogP contribution is -2.05. The Morgan fingerprint density at radius 2 is 2.35 bits per heavy atom. The van der Waals surface area contributed by atoms with Crippen LogP contribution in [0.4, 0.5) is 0 Å². The normalized spacial score (nSPS) is 12.0. The molecule has 3 nitrogen and oxygen atoms in total. The van der Waals surface area contributed by atoms with Crippen LogP contribution in [-0.2, 0) is 4.74 Å². The van der Waals surface area contributed by atoms with Gasteiger partial charge < -0.3 is 4.74 Å². The van der Waals surface area contributed by atoms with Gasteiger partial charge in [-0.15, -0.1) is 0 Å². The van der Waals surface area contributed by atoms with Crippen molar-refractivity contribution < 1.29 is 9.53 Å². The first-order valence-electron chi connectivity index (χ1n) is 5.53. The van der Waals surface area contributed by atoms with Gasteiger partial charge >= 0.3 is 5.97 Å². The molecule has 0 bridgehead atoms. The largest absolute Gasteiger partial charge is 0.462 e. The number of ether oxygens (including phenoxy) is 1. The van der Waals surface area contributed by atoms with E-state index >= 15 is 0 Å². The van der Waals surface area contributed by atoms with E-state index < -0.39 is 0 Å². The number of rotatable bonds is 2. The van der Waals surface area contributed by atoms with Crippen LogP contribution in [0, 0.1) is 0 Å². The molecule has 0 N–H and O–H groups in total. The Kier molecular flexibility index (Phi) is 3.22. The lowest BCUT2D eigenvalue weighted by molar-refractivity contribution is 0.0526. The maximum absolute atomic E-state index is 11.6. The number of aliphatic imine (C=N–C) groups is 1. The Hall–Kier alpha value is -2.12. The molecule has 17 heavy (non-hydrogen) atoms. The zero-order valence-corrected chi connectivity index (χ0v) is 9.86. The molecular weight excluding hydrogens is 214 g/mol. The molecule has 0 saturated heterocycles. The number of benzene rings is 1. The number of carbonyl (C=O) groups excluding carboxylic acids is 1. The van der Waals surface area contributed by atoms with Crippen molar-refractivity contribution in [2.24, 2.45) is 4.99 Å². The molecule has 1 heterocycles. The number of allylic oxidation sites excluding steroid dienone is 1. The van der Waals surface area contributed by atoms with Crippen LogP contribution in [0.15, 0.2) is 35.0 Å². The number of hydrogen-bond acceptors (Lipinski definition) is 3. The zero-order chi connectivity index (χ0) is 12.3. The van der Waals surface area contributed by atoms with Crippen molar-refractivity contribution in [3.05, 3.63) is 46.7 Å². The van der Waals surface area contributed by atoms with E-state index in [2.05, 4.69) is 10.7 Å². The minimum atomic E-state index is -0.299. The van der Waals surface area contributed by atoms with Crippen molar-refractivity contribution in [1.82, 2.24) is 0 Å². The van der Waals surface area contributed by atoms with E-state index in [1.807, 2.05) is 19.1 Å². The Balaban J connectivity index is 2.38. The SMILES string of the molecule is CC=C=C1N=Cc2cc(C(=O)OCC)ccc21. The highest BCUT2D eigenvalue weighted by atomic mass is 16.5. The highest BCUT2D eigenvalue weighted by Gasteiger charge is 2.15. The van der Waals surface area contributed by atoms with E-state index in [4.69, 9.17) is 4.74 Å². The maximum Gasteiger partial charge on any atom is 0.338 e. The van der Waals surface area contributed by atoms with Gasteiger partial charge in [-0.2, -0.15) is 0 Å². The van der Waals surface area contributed by atoms with E-state index in [0.29, 0.717) is 12.2 Å². The fourth-order valence-electron chi connectivity index (χ4n) is 1.68. The van der Waals surface area contributed by atoms with E-state index in [9.17, 15) is 4.79 Å². The molecule has 0 atom stereocenters. The lowest BCUT2D eigenvalue weighted by atomic mass is 10.0. The van der Waals surface area contributed by atoms with Crippen molar-refractivity contribution in [3.8, 4) is 0 Å². The molecular formula is C14H13NO2. The summed E-state index contributed by atoms with van der Waals surface area (Å²) in [6.45, 7) is 4.07. The van der Waals surface area contributed by atoms with Gasteiger partial charge in [-0.25, -0.2) is 9.79 Å². The molecule has 3 heteroatoms. The summed E-state index contributed by atoms with van der Waals surface area (Å²) < 4.78 is 4.95. The second-order valence-corrected chi connectivity index (χ2v) is 3.56. The van der Waals surface area contributed by atoms with Crippen molar-refractivity contribution in [1.29, 1.82) is 0 Å². The first kappa shape index (κ1) is 11.4. The topological polar surface area (TPSA) is 38.7 Å². The smallest absolute Gasteiger partial charge is 0.338 e. The molecule has 0 radical (unpaired) electrons. The second kappa shape index (κ2) is 4.81. The molecule has 0 saturated carbocycles. The number of hydrogen-bond donors (Lipinski definition) is 0. The molecule has 0 aliphatic carbocycles. The highest BCUT2D eigenvalue weighted by Crippen LogP contribution is 2.25. The lowest BCUT2D eigenvalue weighted by Gasteiger charge is -2.03. The fourth-order valence-corrected chi connectivity index (χ4v) is 1.68. The molecule has 0 aromatic heterocycles. The number of esters is 1. The third kappa shape index (κ3) is 2.19. The van der Waals surface area contributed by atoms with Gasteiger partial charge in [0.2, 0.25) is 0 Å². The van der Waals surface area contributed by atoms with Crippen molar-refractivity contribution >= 4 is 17.9 Å². The third-order valence-electron chi connectivity index (χ3n) is 2.43. The van der Waals surface area contributed by atoms with Crippen LogP contribution in [0.25, 0.3) is 5.70 Å². The van der Waals surface area contributed by atoms with Gasteiger partial charge in [0, 0.05) is 17.3 Å². The average molecular weight is 227 g/mol. The van der Waals surface area contributed by atoms with Gasteiger partial charge in [-0.05, 0) is 32.1 Å². The summed E-state index contributed by atoms with van der Waals surface area (Å²) in [7, 11) is 0. The summed E-state index contributed by atoms with van der Waals surface area (Å²) in [5.41, 5.74) is 6.34. The van der Waals surface area contributed by atoms with Crippen molar-refractivity contribution in [3.63, 3.8) is 0 Å². The summed E-state index contributed by atoms with van der Waals surface area (Å²) in [6.07, 6.45) is 3.56. The van der Waals surface area contributed by atoms with Crippen LogP contribution >= 0.6 is 0 Å². The van der Waals surface area contributed by atoms with Crippen LogP contribution in [0.2, 0.25) is 0 Å². The van der Waals surface area contributed by atoms with Gasteiger partial charge in [-0.3, -0.25) is 0 Å². The van der Waals surface area contributed by atoms with E-state index in [0.717, 1.165) is 16.8 Å². The molecule has 2 rings (SSSR count). The van der Waals surface area contributed by atoms with Crippen molar-refractivity contribution in [2.45, 2.75) is 13.8 Å². The molecule has 0 amide bonds. The zero-order valence-electron chi connectivity index (χ0n) is 9.86. The van der Waals surface area contributed by atoms with Gasteiger partial charge in [0.25, 0.3) is 0 Å². The first-order chi connectivity index (χ1) is 8.26. The monoisotopic (exact) mass is 227 g/mol. The molecule has 1 aliphatic heterocycles.